The Kier molecular flexibility index (Phi) is 6.18. The summed E-state index contributed by atoms with van der Waals surface area (Å²) >= 11 is 0. The molecule has 0 saturated carbocycles. The Morgan fingerprint density at radius 1 is 1.00 bits per heavy atom. The highest BCUT2D eigenvalue weighted by molar-refractivity contribution is 7.89. The van der Waals surface area contributed by atoms with Crippen molar-refractivity contribution in [3.63, 3.8) is 0 Å². The third-order valence-electron chi connectivity index (χ3n) is 4.72. The van der Waals surface area contributed by atoms with E-state index < -0.39 is 56.3 Å². The average Bonchev–Trinajstić information content (AvgIpc) is 2.70. The lowest BCUT2D eigenvalue weighted by Gasteiger charge is -2.34. The van der Waals surface area contributed by atoms with E-state index in [2.05, 4.69) is 0 Å². The molecule has 0 atom stereocenters. The van der Waals surface area contributed by atoms with Gasteiger partial charge in [0.1, 0.15) is 23.1 Å². The third kappa shape index (κ3) is 4.93. The van der Waals surface area contributed by atoms with Crippen LogP contribution in [0.2, 0.25) is 0 Å². The fourth-order valence-corrected chi connectivity index (χ4v) is 4.56. The van der Waals surface area contributed by atoms with E-state index in [9.17, 15) is 40.0 Å². The molecule has 1 aromatic carbocycles. The number of carbonyl (C=O) groups is 1. The van der Waals surface area contributed by atoms with Gasteiger partial charge in [0.15, 0.2) is 0 Å². The van der Waals surface area contributed by atoms with Gasteiger partial charge in [0, 0.05) is 38.4 Å². The number of hydrogen-bond acceptors (Lipinski definition) is 4. The minimum absolute atomic E-state index is 0.136. The molecular weight excluding hydrogens is 449 g/mol. The van der Waals surface area contributed by atoms with Gasteiger partial charge in [-0.2, -0.15) is 17.5 Å². The zero-order valence-corrected chi connectivity index (χ0v) is 16.6. The van der Waals surface area contributed by atoms with Crippen LogP contribution in [0, 0.1) is 11.6 Å². The number of rotatable bonds is 4. The summed E-state index contributed by atoms with van der Waals surface area (Å²) < 4.78 is 92.3. The van der Waals surface area contributed by atoms with Crippen molar-refractivity contribution in [3.8, 4) is 0 Å². The van der Waals surface area contributed by atoms with Gasteiger partial charge in [-0.1, -0.05) is 0 Å². The molecule has 168 valence electrons. The van der Waals surface area contributed by atoms with Gasteiger partial charge in [-0.3, -0.25) is 9.59 Å². The Morgan fingerprint density at radius 3 is 2.26 bits per heavy atom. The summed E-state index contributed by atoms with van der Waals surface area (Å²) in [5.74, 6) is -2.74. The number of aromatic nitrogens is 1. The smallest absolute Gasteiger partial charge is 0.339 e. The van der Waals surface area contributed by atoms with Crippen molar-refractivity contribution >= 4 is 15.9 Å². The van der Waals surface area contributed by atoms with Crippen molar-refractivity contribution in [2.75, 3.05) is 26.2 Å². The van der Waals surface area contributed by atoms with Crippen molar-refractivity contribution < 1.29 is 35.2 Å². The first-order chi connectivity index (χ1) is 14.4. The molecule has 1 saturated heterocycles. The number of benzene rings is 1. The van der Waals surface area contributed by atoms with Crippen molar-refractivity contribution in [3.05, 3.63) is 64.1 Å². The molecule has 2 aromatic rings. The minimum Gasteiger partial charge on any atom is -0.339 e. The number of hydrogen-bond donors (Lipinski definition) is 0. The van der Waals surface area contributed by atoms with Gasteiger partial charge in [0.2, 0.25) is 15.9 Å². The molecule has 0 bridgehead atoms. The van der Waals surface area contributed by atoms with E-state index in [4.69, 9.17) is 0 Å². The number of carbonyl (C=O) groups excluding carboxylic acids is 1. The van der Waals surface area contributed by atoms with Crippen LogP contribution in [0.5, 0.6) is 0 Å². The quantitative estimate of drug-likeness (QED) is 0.644. The molecule has 1 fully saturated rings. The second-order valence-corrected chi connectivity index (χ2v) is 8.65. The van der Waals surface area contributed by atoms with Crippen LogP contribution in [0.15, 0.2) is 46.2 Å². The fraction of sp³-hybridized carbons (Fsp3) is 0.333. The first-order valence-electron chi connectivity index (χ1n) is 8.90. The van der Waals surface area contributed by atoms with E-state index in [-0.39, 0.29) is 26.2 Å². The Hall–Kier alpha value is -2.80. The second kappa shape index (κ2) is 8.38. The average molecular weight is 465 g/mol. The number of alkyl halides is 3. The molecule has 1 aromatic heterocycles. The van der Waals surface area contributed by atoms with E-state index >= 15 is 0 Å². The van der Waals surface area contributed by atoms with Crippen molar-refractivity contribution in [2.45, 2.75) is 17.6 Å². The van der Waals surface area contributed by atoms with Crippen LogP contribution >= 0.6 is 0 Å². The first kappa shape index (κ1) is 22.9. The summed E-state index contributed by atoms with van der Waals surface area (Å²) in [6, 6.07) is 3.34. The molecule has 31 heavy (non-hydrogen) atoms. The second-order valence-electron chi connectivity index (χ2n) is 6.74. The first-order valence-corrected chi connectivity index (χ1v) is 10.3. The van der Waals surface area contributed by atoms with Gasteiger partial charge in [-0.05, 0) is 24.3 Å². The predicted molar refractivity (Wildman–Crippen MR) is 97.4 cm³/mol. The summed E-state index contributed by atoms with van der Waals surface area (Å²) in [5.41, 5.74) is -1.89. The van der Waals surface area contributed by atoms with E-state index in [1.807, 2.05) is 0 Å². The zero-order chi connectivity index (χ0) is 23.0. The molecule has 7 nitrogen and oxygen atoms in total. The molecule has 0 aliphatic carbocycles. The van der Waals surface area contributed by atoms with E-state index in [1.54, 1.807) is 0 Å². The van der Waals surface area contributed by atoms with Crippen LogP contribution in [0.3, 0.4) is 0 Å². The lowest BCUT2D eigenvalue weighted by molar-refractivity contribution is -0.139. The molecule has 0 unspecified atom stereocenters. The minimum atomic E-state index is -4.69. The fourth-order valence-electron chi connectivity index (χ4n) is 3.06. The maximum Gasteiger partial charge on any atom is 0.417 e. The molecule has 13 heteroatoms. The van der Waals surface area contributed by atoms with Crippen molar-refractivity contribution in [2.24, 2.45) is 0 Å². The normalized spacial score (nSPS) is 15.8. The highest BCUT2D eigenvalue weighted by atomic mass is 32.2. The maximum atomic E-state index is 13.9. The Balaban J connectivity index is 1.69. The van der Waals surface area contributed by atoms with Crippen LogP contribution in [-0.2, 0) is 27.5 Å². The Bertz CT molecular complexity index is 1160. The molecule has 1 amide bonds. The number of piperazine rings is 1. The van der Waals surface area contributed by atoms with Crippen molar-refractivity contribution in [1.82, 2.24) is 13.8 Å². The predicted octanol–water partition coefficient (Wildman–Crippen LogP) is 1.68. The number of sulfonamides is 1. The molecule has 3 rings (SSSR count). The van der Waals surface area contributed by atoms with Gasteiger partial charge in [0.05, 0.1) is 5.56 Å². The highest BCUT2D eigenvalue weighted by Crippen LogP contribution is 2.28. The summed E-state index contributed by atoms with van der Waals surface area (Å²) in [6.45, 7) is -1.40. The number of pyridine rings is 1. The maximum absolute atomic E-state index is 13.9. The number of nitrogens with zero attached hydrogens (tertiary/aromatic N) is 3. The highest BCUT2D eigenvalue weighted by Gasteiger charge is 2.33. The SMILES string of the molecule is O=C(Cn1cc(C(F)(F)F)ccc1=O)N1CCN(S(=O)(=O)c2cc(F)ccc2F)CC1. The molecular formula is C18H16F5N3O4S. The van der Waals surface area contributed by atoms with Crippen LogP contribution in [0.4, 0.5) is 22.0 Å². The van der Waals surface area contributed by atoms with Gasteiger partial charge < -0.3 is 9.47 Å². The third-order valence-corrected chi connectivity index (χ3v) is 6.63. The van der Waals surface area contributed by atoms with E-state index in [1.165, 1.54) is 4.90 Å². The molecule has 2 heterocycles. The summed E-state index contributed by atoms with van der Waals surface area (Å²) in [7, 11) is -4.35. The lowest BCUT2D eigenvalue weighted by atomic mass is 10.2. The molecule has 0 spiro atoms. The van der Waals surface area contributed by atoms with Gasteiger partial charge in [0.25, 0.3) is 5.56 Å². The summed E-state index contributed by atoms with van der Waals surface area (Å²) in [6.07, 6.45) is -4.15. The topological polar surface area (TPSA) is 79.7 Å². The number of amides is 1. The summed E-state index contributed by atoms with van der Waals surface area (Å²) in [5, 5.41) is 0. The van der Waals surface area contributed by atoms with Crippen LogP contribution < -0.4 is 5.56 Å². The van der Waals surface area contributed by atoms with Gasteiger partial charge in [-0.15, -0.1) is 0 Å². The Labute approximate surface area is 173 Å². The van der Waals surface area contributed by atoms with Gasteiger partial charge in [-0.25, -0.2) is 17.2 Å². The number of halogens is 5. The van der Waals surface area contributed by atoms with E-state index in [0.717, 1.165) is 10.4 Å². The van der Waals surface area contributed by atoms with Gasteiger partial charge >= 0.3 is 6.18 Å². The van der Waals surface area contributed by atoms with Crippen LogP contribution in [0.1, 0.15) is 5.56 Å². The molecule has 1 aliphatic heterocycles. The van der Waals surface area contributed by atoms with Crippen molar-refractivity contribution in [1.29, 1.82) is 0 Å². The van der Waals surface area contributed by atoms with E-state index in [0.29, 0.717) is 35.0 Å². The van der Waals surface area contributed by atoms with Crippen LogP contribution in [-0.4, -0.2) is 54.3 Å². The zero-order valence-electron chi connectivity index (χ0n) is 15.8. The largest absolute Gasteiger partial charge is 0.417 e. The monoisotopic (exact) mass is 465 g/mol. The summed E-state index contributed by atoms with van der Waals surface area (Å²) in [4.78, 5) is 24.6. The standard InChI is InChI=1S/C18H16F5N3O4S/c19-13-2-3-14(20)15(9-13)31(29,30)26-7-5-24(6-8-26)17(28)11-25-10-12(18(21,22)23)1-4-16(25)27/h1-4,9-10H,5-8,11H2. The Morgan fingerprint density at radius 2 is 1.65 bits per heavy atom. The molecule has 0 N–H and O–H groups in total. The molecule has 1 aliphatic rings. The van der Waals surface area contributed by atoms with Crippen LogP contribution in [0.25, 0.3) is 0 Å². The molecule has 0 radical (unpaired) electrons. The lowest BCUT2D eigenvalue weighted by Crippen LogP contribution is -2.51.